The number of hydrogen-bond acceptors (Lipinski definition) is 6. The highest BCUT2D eigenvalue weighted by Gasteiger charge is 2.21. The van der Waals surface area contributed by atoms with E-state index < -0.39 is 0 Å². The minimum Gasteiger partial charge on any atom is -0.374 e. The van der Waals surface area contributed by atoms with E-state index in [1.165, 1.54) is 23.1 Å². The molecule has 0 fully saturated rings. The van der Waals surface area contributed by atoms with Crippen molar-refractivity contribution >= 4 is 39.8 Å². The Morgan fingerprint density at radius 3 is 2.57 bits per heavy atom. The molecule has 1 atom stereocenters. The first-order valence-corrected chi connectivity index (χ1v) is 8.33. The Labute approximate surface area is 132 Å². The summed E-state index contributed by atoms with van der Waals surface area (Å²) >= 11 is 2.70. The molecule has 0 bridgehead atoms. The summed E-state index contributed by atoms with van der Waals surface area (Å²) in [4.78, 5) is 12.5. The van der Waals surface area contributed by atoms with Gasteiger partial charge in [0.15, 0.2) is 4.34 Å². The minimum atomic E-state index is -0.212. The molecule has 2 rings (SSSR count). The van der Waals surface area contributed by atoms with E-state index in [9.17, 15) is 4.79 Å². The molecule has 3 N–H and O–H groups in total. The summed E-state index contributed by atoms with van der Waals surface area (Å²) in [6, 6.07) is 5.96. The van der Waals surface area contributed by atoms with Gasteiger partial charge in [-0.1, -0.05) is 48.2 Å². The maximum absolute atomic E-state index is 12.5. The fourth-order valence-electron chi connectivity index (χ4n) is 1.93. The summed E-state index contributed by atoms with van der Waals surface area (Å²) in [7, 11) is 0. The molecular weight excluding hydrogens is 304 g/mol. The molecule has 1 heterocycles. The van der Waals surface area contributed by atoms with Crippen LogP contribution in [0.5, 0.6) is 0 Å². The van der Waals surface area contributed by atoms with Crippen LogP contribution in [0, 0.1) is 13.8 Å². The first kappa shape index (κ1) is 15.8. The van der Waals surface area contributed by atoms with E-state index in [2.05, 4.69) is 15.5 Å². The summed E-state index contributed by atoms with van der Waals surface area (Å²) < 4.78 is 0.719. The van der Waals surface area contributed by atoms with Crippen LogP contribution in [-0.2, 0) is 4.79 Å². The Morgan fingerprint density at radius 1 is 1.38 bits per heavy atom. The van der Waals surface area contributed by atoms with Crippen LogP contribution in [0.25, 0.3) is 0 Å². The van der Waals surface area contributed by atoms with Gasteiger partial charge in [-0.25, -0.2) is 0 Å². The van der Waals surface area contributed by atoms with Gasteiger partial charge in [-0.05, 0) is 31.4 Å². The van der Waals surface area contributed by atoms with E-state index in [1.54, 1.807) is 0 Å². The summed E-state index contributed by atoms with van der Waals surface area (Å²) in [6.45, 7) is 5.96. The van der Waals surface area contributed by atoms with Gasteiger partial charge in [0, 0.05) is 5.69 Å². The number of aromatic nitrogens is 2. The summed E-state index contributed by atoms with van der Waals surface area (Å²) in [5.41, 5.74) is 8.57. The number of nitrogens with zero attached hydrogens (tertiary/aromatic N) is 2. The number of benzene rings is 1. The van der Waals surface area contributed by atoms with Crippen molar-refractivity contribution < 1.29 is 4.79 Å². The highest BCUT2D eigenvalue weighted by molar-refractivity contribution is 8.02. The average molecular weight is 322 g/mol. The Morgan fingerprint density at radius 2 is 2.05 bits per heavy atom. The van der Waals surface area contributed by atoms with E-state index in [4.69, 9.17) is 5.73 Å². The smallest absolute Gasteiger partial charge is 0.237 e. The monoisotopic (exact) mass is 322 g/mol. The molecular formula is C14H18N4OS2. The topological polar surface area (TPSA) is 80.9 Å². The van der Waals surface area contributed by atoms with Crippen molar-refractivity contribution in [1.82, 2.24) is 10.2 Å². The summed E-state index contributed by atoms with van der Waals surface area (Å²) in [5, 5.41) is 11.0. The van der Waals surface area contributed by atoms with Crippen molar-refractivity contribution in [2.75, 3.05) is 11.1 Å². The van der Waals surface area contributed by atoms with Crippen LogP contribution in [-0.4, -0.2) is 21.4 Å². The highest BCUT2D eigenvalue weighted by Crippen LogP contribution is 2.30. The first-order chi connectivity index (χ1) is 10.0. The van der Waals surface area contributed by atoms with Gasteiger partial charge in [-0.15, -0.1) is 10.2 Å². The third-order valence-corrected chi connectivity index (χ3v) is 5.26. The first-order valence-electron chi connectivity index (χ1n) is 6.64. The molecule has 7 heteroatoms. The molecule has 1 aromatic carbocycles. The number of amides is 1. The fraction of sp³-hybridized carbons (Fsp3) is 0.357. The van der Waals surface area contributed by atoms with Gasteiger partial charge in [0.1, 0.15) is 0 Å². The Balaban J connectivity index is 2.10. The number of nitrogens with two attached hydrogens (primary N) is 1. The second kappa shape index (κ2) is 6.91. The van der Waals surface area contributed by atoms with E-state index >= 15 is 0 Å². The molecule has 1 aromatic heterocycles. The van der Waals surface area contributed by atoms with Gasteiger partial charge in [0.2, 0.25) is 11.0 Å². The zero-order chi connectivity index (χ0) is 15.4. The van der Waals surface area contributed by atoms with E-state index in [1.807, 2.05) is 39.0 Å². The largest absolute Gasteiger partial charge is 0.374 e. The number of anilines is 2. The molecule has 2 aromatic rings. The molecule has 112 valence electrons. The number of rotatable bonds is 5. The third kappa shape index (κ3) is 3.95. The van der Waals surface area contributed by atoms with Crippen molar-refractivity contribution in [3.05, 3.63) is 29.3 Å². The molecule has 1 amide bonds. The molecule has 5 nitrogen and oxygen atoms in total. The predicted octanol–water partition coefficient (Wildman–Crippen LogP) is 3.25. The van der Waals surface area contributed by atoms with Gasteiger partial charge in [-0.3, -0.25) is 4.79 Å². The van der Waals surface area contributed by atoms with E-state index in [0.717, 1.165) is 21.2 Å². The number of nitrogen functional groups attached to an aromatic ring is 1. The van der Waals surface area contributed by atoms with Crippen molar-refractivity contribution in [2.24, 2.45) is 0 Å². The molecule has 0 aliphatic carbocycles. The van der Waals surface area contributed by atoms with Gasteiger partial charge in [0.05, 0.1) is 5.25 Å². The Hall–Kier alpha value is -1.60. The lowest BCUT2D eigenvalue weighted by Crippen LogP contribution is -2.25. The number of aryl methyl sites for hydroxylation is 2. The lowest BCUT2D eigenvalue weighted by atomic mass is 10.1. The van der Waals surface area contributed by atoms with Gasteiger partial charge in [-0.2, -0.15) is 0 Å². The third-order valence-electron chi connectivity index (χ3n) is 3.06. The fourth-order valence-corrected chi connectivity index (χ4v) is 3.73. The van der Waals surface area contributed by atoms with Gasteiger partial charge in [0.25, 0.3) is 0 Å². The van der Waals surface area contributed by atoms with E-state index in [0.29, 0.717) is 11.6 Å². The predicted molar refractivity (Wildman–Crippen MR) is 88.8 cm³/mol. The van der Waals surface area contributed by atoms with Crippen LogP contribution in [0.15, 0.2) is 22.5 Å². The van der Waals surface area contributed by atoms with Gasteiger partial charge < -0.3 is 11.1 Å². The SMILES string of the molecule is CC[C@@H](Sc1nnc(N)s1)C(=O)Nc1c(C)cccc1C. The number of carbonyl (C=O) groups excluding carboxylic acids is 1. The number of hydrogen-bond donors (Lipinski definition) is 2. The number of nitrogens with one attached hydrogen (secondary N) is 1. The molecule has 0 saturated carbocycles. The molecule has 0 radical (unpaired) electrons. The van der Waals surface area contributed by atoms with Crippen LogP contribution in [0.2, 0.25) is 0 Å². The zero-order valence-corrected chi connectivity index (χ0v) is 13.8. The van der Waals surface area contributed by atoms with Crippen LogP contribution < -0.4 is 11.1 Å². The maximum Gasteiger partial charge on any atom is 0.237 e. The zero-order valence-electron chi connectivity index (χ0n) is 12.2. The lowest BCUT2D eigenvalue weighted by Gasteiger charge is -2.16. The van der Waals surface area contributed by atoms with Crippen LogP contribution in [0.1, 0.15) is 24.5 Å². The number of carbonyl (C=O) groups is 1. The Bertz CT molecular complexity index is 621. The summed E-state index contributed by atoms with van der Waals surface area (Å²) in [6.07, 6.45) is 0.709. The molecule has 0 unspecified atom stereocenters. The standard InChI is InChI=1S/C14H18N4OS2/c1-4-10(20-14-18-17-13(15)21-14)12(19)16-11-8(2)6-5-7-9(11)3/h5-7,10H,4H2,1-3H3,(H2,15,17)(H,16,19)/t10-/m1/s1. The Kier molecular flexibility index (Phi) is 5.19. The summed E-state index contributed by atoms with van der Waals surface area (Å²) in [5.74, 6) is -0.0197. The van der Waals surface area contributed by atoms with Gasteiger partial charge >= 0.3 is 0 Å². The normalized spacial score (nSPS) is 12.1. The lowest BCUT2D eigenvalue weighted by molar-refractivity contribution is -0.115. The quantitative estimate of drug-likeness (QED) is 0.826. The van der Waals surface area contributed by atoms with Crippen molar-refractivity contribution in [2.45, 2.75) is 36.8 Å². The molecule has 21 heavy (non-hydrogen) atoms. The second-order valence-corrected chi connectivity index (χ2v) is 7.14. The van der Waals surface area contributed by atoms with Crippen molar-refractivity contribution in [1.29, 1.82) is 0 Å². The molecule has 0 spiro atoms. The van der Waals surface area contributed by atoms with Crippen LogP contribution in [0.3, 0.4) is 0 Å². The number of thioether (sulfide) groups is 1. The molecule has 0 aliphatic rings. The van der Waals surface area contributed by atoms with Crippen LogP contribution in [0.4, 0.5) is 10.8 Å². The molecule has 0 saturated heterocycles. The average Bonchev–Trinajstić information content (AvgIpc) is 2.85. The van der Waals surface area contributed by atoms with Crippen LogP contribution >= 0.6 is 23.1 Å². The highest BCUT2D eigenvalue weighted by atomic mass is 32.2. The number of para-hydroxylation sites is 1. The second-order valence-electron chi connectivity index (χ2n) is 4.68. The maximum atomic E-state index is 12.5. The van der Waals surface area contributed by atoms with Crippen molar-refractivity contribution in [3.8, 4) is 0 Å². The van der Waals surface area contributed by atoms with Crippen molar-refractivity contribution in [3.63, 3.8) is 0 Å². The minimum absolute atomic E-state index is 0.0197. The van der Waals surface area contributed by atoms with E-state index in [-0.39, 0.29) is 11.2 Å². The molecule has 0 aliphatic heterocycles.